The first-order chi connectivity index (χ1) is 5.68. The van der Waals surface area contributed by atoms with Crippen molar-refractivity contribution in [1.82, 2.24) is 10.2 Å². The molecule has 0 unspecified atom stereocenters. The number of aromatic amines is 1. The summed E-state index contributed by atoms with van der Waals surface area (Å²) in [5, 5.41) is 7.75. The third kappa shape index (κ3) is 0.897. The lowest BCUT2D eigenvalue weighted by Crippen LogP contribution is -1.81. The van der Waals surface area contributed by atoms with Crippen molar-refractivity contribution < 1.29 is 4.39 Å². The quantitative estimate of drug-likeness (QED) is 0.636. The van der Waals surface area contributed by atoms with E-state index in [1.165, 1.54) is 6.07 Å². The fraction of sp³-hybridized carbons (Fsp3) is 0.222. The molecule has 0 spiro atoms. The summed E-state index contributed by atoms with van der Waals surface area (Å²) in [5.74, 6) is -0.189. The molecule has 0 aliphatic carbocycles. The minimum absolute atomic E-state index is 0.189. The normalized spacial score (nSPS) is 10.9. The second-order valence-electron chi connectivity index (χ2n) is 2.96. The van der Waals surface area contributed by atoms with Crippen LogP contribution in [0, 0.1) is 19.7 Å². The molecule has 2 nitrogen and oxygen atoms in total. The van der Waals surface area contributed by atoms with E-state index < -0.39 is 0 Å². The maximum Gasteiger partial charge on any atom is 0.128 e. The van der Waals surface area contributed by atoms with Crippen molar-refractivity contribution in [3.8, 4) is 0 Å². The summed E-state index contributed by atoms with van der Waals surface area (Å²) in [4.78, 5) is 0. The van der Waals surface area contributed by atoms with Gasteiger partial charge in [0.25, 0.3) is 0 Å². The second kappa shape index (κ2) is 2.30. The van der Waals surface area contributed by atoms with Crippen LogP contribution < -0.4 is 0 Å². The largest absolute Gasteiger partial charge is 0.277 e. The highest BCUT2D eigenvalue weighted by Crippen LogP contribution is 2.18. The molecule has 3 heteroatoms. The minimum atomic E-state index is -0.189. The van der Waals surface area contributed by atoms with Crippen molar-refractivity contribution in [3.63, 3.8) is 0 Å². The summed E-state index contributed by atoms with van der Waals surface area (Å²) in [6, 6.07) is 3.29. The Morgan fingerprint density at radius 3 is 2.83 bits per heavy atom. The average Bonchev–Trinajstić information content (AvgIpc) is 2.35. The molecule has 1 heterocycles. The number of halogens is 1. The zero-order valence-electron chi connectivity index (χ0n) is 6.98. The van der Waals surface area contributed by atoms with Crippen molar-refractivity contribution in [3.05, 3.63) is 29.2 Å². The van der Waals surface area contributed by atoms with Crippen LogP contribution in [0.3, 0.4) is 0 Å². The fourth-order valence-electron chi connectivity index (χ4n) is 1.28. The van der Waals surface area contributed by atoms with Gasteiger partial charge < -0.3 is 0 Å². The Kier molecular flexibility index (Phi) is 1.40. The van der Waals surface area contributed by atoms with Crippen LogP contribution in [0.15, 0.2) is 12.1 Å². The molecule has 0 saturated heterocycles. The van der Waals surface area contributed by atoms with Crippen LogP contribution in [0.4, 0.5) is 4.39 Å². The number of hydrogen-bond acceptors (Lipinski definition) is 1. The van der Waals surface area contributed by atoms with Gasteiger partial charge in [0.05, 0.1) is 11.2 Å². The molecular weight excluding hydrogens is 155 g/mol. The molecule has 0 bridgehead atoms. The molecule has 1 aromatic heterocycles. The van der Waals surface area contributed by atoms with Gasteiger partial charge in [-0.05, 0) is 31.5 Å². The van der Waals surface area contributed by atoms with E-state index >= 15 is 0 Å². The summed E-state index contributed by atoms with van der Waals surface area (Å²) in [7, 11) is 0. The topological polar surface area (TPSA) is 28.7 Å². The van der Waals surface area contributed by atoms with E-state index in [2.05, 4.69) is 10.2 Å². The van der Waals surface area contributed by atoms with Gasteiger partial charge in [0.15, 0.2) is 0 Å². The van der Waals surface area contributed by atoms with Gasteiger partial charge in [0, 0.05) is 5.39 Å². The lowest BCUT2D eigenvalue weighted by Gasteiger charge is -1.95. The molecule has 12 heavy (non-hydrogen) atoms. The number of H-pyrrole nitrogens is 1. The number of benzene rings is 1. The zero-order valence-corrected chi connectivity index (χ0v) is 6.98. The number of aromatic nitrogens is 2. The Morgan fingerprint density at radius 2 is 2.08 bits per heavy atom. The fourth-order valence-corrected chi connectivity index (χ4v) is 1.28. The van der Waals surface area contributed by atoms with Crippen molar-refractivity contribution in [2.45, 2.75) is 13.8 Å². The molecule has 0 amide bonds. The molecular formula is C9H9FN2. The maximum absolute atomic E-state index is 13.0. The number of fused-ring (bicyclic) bond motifs is 1. The molecule has 1 aromatic carbocycles. The molecule has 62 valence electrons. The van der Waals surface area contributed by atoms with E-state index in [9.17, 15) is 4.39 Å². The van der Waals surface area contributed by atoms with Crippen LogP contribution >= 0.6 is 0 Å². The highest BCUT2D eigenvalue weighted by Gasteiger charge is 2.04. The van der Waals surface area contributed by atoms with Gasteiger partial charge in [-0.2, -0.15) is 5.10 Å². The predicted octanol–water partition coefficient (Wildman–Crippen LogP) is 2.32. The SMILES string of the molecule is Cc1cc2c(C)n[nH]c2cc1F. The van der Waals surface area contributed by atoms with Crippen LogP contribution in [0.25, 0.3) is 10.9 Å². The first-order valence-corrected chi connectivity index (χ1v) is 3.79. The molecule has 0 atom stereocenters. The lowest BCUT2D eigenvalue weighted by atomic mass is 10.1. The van der Waals surface area contributed by atoms with Gasteiger partial charge >= 0.3 is 0 Å². The molecule has 0 aliphatic heterocycles. The minimum Gasteiger partial charge on any atom is -0.277 e. The third-order valence-corrected chi connectivity index (χ3v) is 2.03. The number of nitrogens with zero attached hydrogens (tertiary/aromatic N) is 1. The first kappa shape index (κ1) is 7.28. The molecule has 2 rings (SSSR count). The summed E-state index contributed by atoms with van der Waals surface area (Å²) in [6.07, 6.45) is 0. The molecule has 0 saturated carbocycles. The average molecular weight is 164 g/mol. The summed E-state index contributed by atoms with van der Waals surface area (Å²) in [5.41, 5.74) is 2.33. The van der Waals surface area contributed by atoms with Crippen molar-refractivity contribution in [2.24, 2.45) is 0 Å². The van der Waals surface area contributed by atoms with Crippen molar-refractivity contribution in [2.75, 3.05) is 0 Å². The Hall–Kier alpha value is -1.38. The third-order valence-electron chi connectivity index (χ3n) is 2.03. The Labute approximate surface area is 69.4 Å². The van der Waals surface area contributed by atoms with Crippen LogP contribution in [0.1, 0.15) is 11.3 Å². The van der Waals surface area contributed by atoms with Crippen LogP contribution in [0.2, 0.25) is 0 Å². The monoisotopic (exact) mass is 164 g/mol. The van der Waals surface area contributed by atoms with Gasteiger partial charge in [0.1, 0.15) is 5.82 Å². The maximum atomic E-state index is 13.0. The van der Waals surface area contributed by atoms with Crippen LogP contribution in [-0.4, -0.2) is 10.2 Å². The van der Waals surface area contributed by atoms with Crippen LogP contribution in [0.5, 0.6) is 0 Å². The Bertz CT molecular complexity index is 431. The standard InChI is InChI=1S/C9H9FN2/c1-5-3-7-6(2)11-12-9(7)4-8(5)10/h3-4H,1-2H3,(H,11,12). The van der Waals surface area contributed by atoms with E-state index in [0.717, 1.165) is 16.6 Å². The summed E-state index contributed by atoms with van der Waals surface area (Å²) >= 11 is 0. The second-order valence-corrected chi connectivity index (χ2v) is 2.96. The van der Waals surface area contributed by atoms with Gasteiger partial charge in [-0.1, -0.05) is 0 Å². The van der Waals surface area contributed by atoms with E-state index in [1.54, 1.807) is 6.92 Å². The summed E-state index contributed by atoms with van der Waals surface area (Å²) in [6.45, 7) is 3.65. The van der Waals surface area contributed by atoms with Crippen molar-refractivity contribution in [1.29, 1.82) is 0 Å². The number of aryl methyl sites for hydroxylation is 2. The highest BCUT2D eigenvalue weighted by molar-refractivity contribution is 5.81. The van der Waals surface area contributed by atoms with E-state index in [-0.39, 0.29) is 5.82 Å². The van der Waals surface area contributed by atoms with Gasteiger partial charge in [-0.3, -0.25) is 5.10 Å². The Morgan fingerprint density at radius 1 is 1.33 bits per heavy atom. The predicted molar refractivity (Wildman–Crippen MR) is 45.5 cm³/mol. The smallest absolute Gasteiger partial charge is 0.128 e. The number of nitrogens with one attached hydrogen (secondary N) is 1. The first-order valence-electron chi connectivity index (χ1n) is 3.79. The van der Waals surface area contributed by atoms with E-state index in [4.69, 9.17) is 0 Å². The molecule has 0 fully saturated rings. The lowest BCUT2D eigenvalue weighted by molar-refractivity contribution is 0.620. The molecule has 1 N–H and O–H groups in total. The van der Waals surface area contributed by atoms with E-state index in [0.29, 0.717) is 5.56 Å². The Balaban J connectivity index is 2.87. The molecule has 0 aliphatic rings. The zero-order chi connectivity index (χ0) is 8.72. The number of hydrogen-bond donors (Lipinski definition) is 1. The number of rotatable bonds is 0. The van der Waals surface area contributed by atoms with E-state index in [1.807, 2.05) is 13.0 Å². The molecule has 2 aromatic rings. The van der Waals surface area contributed by atoms with Crippen LogP contribution in [-0.2, 0) is 0 Å². The van der Waals surface area contributed by atoms with Crippen molar-refractivity contribution >= 4 is 10.9 Å². The molecule has 0 radical (unpaired) electrons. The summed E-state index contributed by atoms with van der Waals surface area (Å²) < 4.78 is 13.0. The highest BCUT2D eigenvalue weighted by atomic mass is 19.1. The van der Waals surface area contributed by atoms with Gasteiger partial charge in [-0.15, -0.1) is 0 Å². The van der Waals surface area contributed by atoms with Gasteiger partial charge in [0.2, 0.25) is 0 Å². The van der Waals surface area contributed by atoms with Gasteiger partial charge in [-0.25, -0.2) is 4.39 Å².